The molecule has 5 heteroatoms. The largest absolute Gasteiger partial charge is 0.343 e. The van der Waals surface area contributed by atoms with Gasteiger partial charge in [-0.05, 0) is 27.0 Å². The second-order valence-corrected chi connectivity index (χ2v) is 5.22. The van der Waals surface area contributed by atoms with Gasteiger partial charge < -0.3 is 10.2 Å². The van der Waals surface area contributed by atoms with Crippen molar-refractivity contribution in [2.24, 2.45) is 0 Å². The first-order valence-corrected chi connectivity index (χ1v) is 6.42. The molecule has 86 valence electrons. The van der Waals surface area contributed by atoms with Gasteiger partial charge in [0, 0.05) is 12.3 Å². The number of thioether (sulfide) groups is 1. The molecule has 15 heavy (non-hydrogen) atoms. The van der Waals surface area contributed by atoms with Crippen LogP contribution in [-0.2, 0) is 9.59 Å². The molecule has 1 rings (SSSR count). The van der Waals surface area contributed by atoms with Crippen LogP contribution < -0.4 is 5.32 Å². The molecule has 1 heterocycles. The summed E-state index contributed by atoms with van der Waals surface area (Å²) in [5.74, 6) is 0.791. The summed E-state index contributed by atoms with van der Waals surface area (Å²) >= 11 is 1.67. The standard InChI is InChI=1S/C10H18N2O2S/c1-7-8(13)12(5-6-15-4)10(2,3)9(14)11-7/h7H,5-6H2,1-4H3,(H,11,14). The predicted octanol–water partition coefficient (Wildman–Crippen LogP) is 0.475. The Bertz CT molecular complexity index is 279. The highest BCUT2D eigenvalue weighted by molar-refractivity contribution is 7.98. The van der Waals surface area contributed by atoms with E-state index in [2.05, 4.69) is 5.32 Å². The van der Waals surface area contributed by atoms with Gasteiger partial charge in [-0.2, -0.15) is 11.8 Å². The van der Waals surface area contributed by atoms with Gasteiger partial charge in [0.2, 0.25) is 11.8 Å². The van der Waals surface area contributed by atoms with E-state index in [1.165, 1.54) is 0 Å². The Balaban J connectivity index is 2.85. The summed E-state index contributed by atoms with van der Waals surface area (Å²) in [5, 5.41) is 2.69. The van der Waals surface area contributed by atoms with Crippen molar-refractivity contribution in [3.05, 3.63) is 0 Å². The highest BCUT2D eigenvalue weighted by Crippen LogP contribution is 2.21. The van der Waals surface area contributed by atoms with E-state index in [4.69, 9.17) is 0 Å². The number of nitrogens with one attached hydrogen (secondary N) is 1. The van der Waals surface area contributed by atoms with Gasteiger partial charge in [-0.25, -0.2) is 0 Å². The van der Waals surface area contributed by atoms with E-state index in [0.717, 1.165) is 5.75 Å². The molecule has 0 spiro atoms. The van der Waals surface area contributed by atoms with Crippen LogP contribution in [-0.4, -0.2) is 46.8 Å². The number of hydrogen-bond donors (Lipinski definition) is 1. The fourth-order valence-electron chi connectivity index (χ4n) is 1.64. The van der Waals surface area contributed by atoms with Crippen LogP contribution in [0.5, 0.6) is 0 Å². The van der Waals surface area contributed by atoms with E-state index in [1.54, 1.807) is 37.4 Å². The quantitative estimate of drug-likeness (QED) is 0.767. The van der Waals surface area contributed by atoms with Crippen LogP contribution in [0.2, 0.25) is 0 Å². The zero-order valence-corrected chi connectivity index (χ0v) is 10.5. The smallest absolute Gasteiger partial charge is 0.246 e. The van der Waals surface area contributed by atoms with E-state index in [1.807, 2.05) is 6.26 Å². The van der Waals surface area contributed by atoms with Crippen molar-refractivity contribution < 1.29 is 9.59 Å². The lowest BCUT2D eigenvalue weighted by Crippen LogP contribution is -2.67. The number of carbonyl (C=O) groups excluding carboxylic acids is 2. The van der Waals surface area contributed by atoms with Crippen molar-refractivity contribution in [3.63, 3.8) is 0 Å². The molecule has 0 radical (unpaired) electrons. The Hall–Kier alpha value is -0.710. The van der Waals surface area contributed by atoms with Crippen LogP contribution in [0.3, 0.4) is 0 Å². The number of amides is 2. The molecule has 0 aliphatic carbocycles. The van der Waals surface area contributed by atoms with Gasteiger partial charge in [0.1, 0.15) is 11.6 Å². The van der Waals surface area contributed by atoms with E-state index in [-0.39, 0.29) is 11.8 Å². The zero-order valence-electron chi connectivity index (χ0n) is 9.66. The zero-order chi connectivity index (χ0) is 11.6. The van der Waals surface area contributed by atoms with E-state index in [0.29, 0.717) is 6.54 Å². The van der Waals surface area contributed by atoms with Crippen molar-refractivity contribution in [1.29, 1.82) is 0 Å². The molecule has 1 fully saturated rings. The van der Waals surface area contributed by atoms with E-state index >= 15 is 0 Å². The number of hydrogen-bond acceptors (Lipinski definition) is 3. The second kappa shape index (κ2) is 4.43. The van der Waals surface area contributed by atoms with Crippen molar-refractivity contribution in [2.45, 2.75) is 32.4 Å². The number of piperazine rings is 1. The predicted molar refractivity (Wildman–Crippen MR) is 61.8 cm³/mol. The summed E-state index contributed by atoms with van der Waals surface area (Å²) in [6.07, 6.45) is 1.99. The fraction of sp³-hybridized carbons (Fsp3) is 0.800. The lowest BCUT2D eigenvalue weighted by Gasteiger charge is -2.43. The van der Waals surface area contributed by atoms with Crippen LogP contribution in [0.1, 0.15) is 20.8 Å². The maximum absolute atomic E-state index is 11.9. The van der Waals surface area contributed by atoms with Gasteiger partial charge in [-0.3, -0.25) is 9.59 Å². The molecule has 1 aliphatic rings. The molecular formula is C10H18N2O2S. The normalized spacial score (nSPS) is 25.3. The molecule has 1 saturated heterocycles. The second-order valence-electron chi connectivity index (χ2n) is 4.24. The highest BCUT2D eigenvalue weighted by atomic mass is 32.2. The summed E-state index contributed by atoms with van der Waals surface area (Å²) in [7, 11) is 0. The van der Waals surface area contributed by atoms with Crippen LogP contribution >= 0.6 is 11.8 Å². The third-order valence-electron chi connectivity index (χ3n) is 2.73. The molecule has 2 amide bonds. The Morgan fingerprint density at radius 1 is 1.47 bits per heavy atom. The van der Waals surface area contributed by atoms with Crippen molar-refractivity contribution in [3.8, 4) is 0 Å². The lowest BCUT2D eigenvalue weighted by atomic mass is 9.96. The van der Waals surface area contributed by atoms with Gasteiger partial charge in [0.25, 0.3) is 0 Å². The van der Waals surface area contributed by atoms with E-state index in [9.17, 15) is 9.59 Å². The third kappa shape index (κ3) is 2.27. The maximum Gasteiger partial charge on any atom is 0.246 e. The molecule has 1 N–H and O–H groups in total. The van der Waals surface area contributed by atoms with Gasteiger partial charge >= 0.3 is 0 Å². The Labute approximate surface area is 94.8 Å². The molecule has 4 nitrogen and oxygen atoms in total. The molecule has 0 aromatic carbocycles. The molecule has 0 bridgehead atoms. The van der Waals surface area contributed by atoms with Crippen molar-refractivity contribution in [2.75, 3.05) is 18.6 Å². The topological polar surface area (TPSA) is 49.4 Å². The summed E-state index contributed by atoms with van der Waals surface area (Å²) < 4.78 is 0. The fourth-order valence-corrected chi connectivity index (χ4v) is 2.00. The first-order valence-electron chi connectivity index (χ1n) is 5.02. The lowest BCUT2D eigenvalue weighted by molar-refractivity contribution is -0.154. The Morgan fingerprint density at radius 3 is 2.60 bits per heavy atom. The molecule has 1 aliphatic heterocycles. The minimum Gasteiger partial charge on any atom is -0.343 e. The van der Waals surface area contributed by atoms with Gasteiger partial charge in [-0.15, -0.1) is 0 Å². The number of nitrogens with zero attached hydrogens (tertiary/aromatic N) is 1. The summed E-state index contributed by atoms with van der Waals surface area (Å²) in [4.78, 5) is 25.3. The monoisotopic (exact) mass is 230 g/mol. The Kier molecular flexibility index (Phi) is 3.65. The summed E-state index contributed by atoms with van der Waals surface area (Å²) in [6, 6.07) is -0.396. The van der Waals surface area contributed by atoms with Gasteiger partial charge in [0.15, 0.2) is 0 Å². The Morgan fingerprint density at radius 2 is 2.07 bits per heavy atom. The van der Waals surface area contributed by atoms with Crippen molar-refractivity contribution >= 4 is 23.6 Å². The molecule has 1 atom stereocenters. The minimum absolute atomic E-state index is 0.00801. The van der Waals surface area contributed by atoms with Gasteiger partial charge in [-0.1, -0.05) is 0 Å². The molecule has 0 aromatic heterocycles. The van der Waals surface area contributed by atoms with Crippen LogP contribution in [0.25, 0.3) is 0 Å². The summed E-state index contributed by atoms with van der Waals surface area (Å²) in [5.41, 5.74) is -0.723. The first-order chi connectivity index (χ1) is 6.91. The molecule has 0 saturated carbocycles. The first kappa shape index (κ1) is 12.4. The summed E-state index contributed by atoms with van der Waals surface area (Å²) in [6.45, 7) is 5.92. The third-order valence-corrected chi connectivity index (χ3v) is 3.32. The van der Waals surface area contributed by atoms with Crippen molar-refractivity contribution in [1.82, 2.24) is 10.2 Å². The van der Waals surface area contributed by atoms with Crippen LogP contribution in [0.4, 0.5) is 0 Å². The van der Waals surface area contributed by atoms with Crippen LogP contribution in [0.15, 0.2) is 0 Å². The molecule has 1 unspecified atom stereocenters. The maximum atomic E-state index is 11.9. The highest BCUT2D eigenvalue weighted by Gasteiger charge is 2.44. The average molecular weight is 230 g/mol. The minimum atomic E-state index is -0.723. The molecular weight excluding hydrogens is 212 g/mol. The van der Waals surface area contributed by atoms with E-state index < -0.39 is 11.6 Å². The van der Waals surface area contributed by atoms with Crippen LogP contribution in [0, 0.1) is 0 Å². The average Bonchev–Trinajstić information content (AvgIpc) is 2.15. The van der Waals surface area contributed by atoms with Gasteiger partial charge in [0.05, 0.1) is 0 Å². The number of carbonyl (C=O) groups is 2. The SMILES string of the molecule is CSCCN1C(=O)C(C)NC(=O)C1(C)C. The number of rotatable bonds is 3. The molecule has 0 aromatic rings.